The molecule has 0 aliphatic rings. The van der Waals surface area contributed by atoms with E-state index in [0.29, 0.717) is 5.75 Å². The molecule has 0 aromatic heterocycles. The molecule has 0 aliphatic heterocycles. The summed E-state index contributed by atoms with van der Waals surface area (Å²) in [6.07, 6.45) is -3.55. The fourth-order valence-corrected chi connectivity index (χ4v) is 1.97. The van der Waals surface area contributed by atoms with Crippen molar-refractivity contribution in [2.75, 3.05) is 5.73 Å². The molecule has 112 valence electrons. The molecule has 2 aromatic rings. The smallest absolute Gasteiger partial charge is 0.416 e. The van der Waals surface area contributed by atoms with Gasteiger partial charge in [0.25, 0.3) is 0 Å². The van der Waals surface area contributed by atoms with Gasteiger partial charge in [0, 0.05) is 11.3 Å². The molecule has 5 heteroatoms. The molecule has 2 rings (SSSR count). The van der Waals surface area contributed by atoms with Crippen LogP contribution in [-0.4, -0.2) is 0 Å². The summed E-state index contributed by atoms with van der Waals surface area (Å²) >= 11 is 0. The van der Waals surface area contributed by atoms with Crippen LogP contribution in [0.25, 0.3) is 0 Å². The lowest BCUT2D eigenvalue weighted by Gasteiger charge is -2.14. The van der Waals surface area contributed by atoms with E-state index in [9.17, 15) is 13.2 Å². The van der Waals surface area contributed by atoms with Gasteiger partial charge in [-0.3, -0.25) is 0 Å². The maximum atomic E-state index is 12.9. The van der Waals surface area contributed by atoms with Crippen molar-refractivity contribution in [3.8, 4) is 5.75 Å². The summed E-state index contributed by atoms with van der Waals surface area (Å²) in [6, 6.07) is 11.0. The van der Waals surface area contributed by atoms with Gasteiger partial charge in [0.05, 0.1) is 5.56 Å². The number of alkyl halides is 3. The molecule has 0 radical (unpaired) electrons. The van der Waals surface area contributed by atoms with Crippen LogP contribution in [0.2, 0.25) is 0 Å². The summed E-state index contributed by atoms with van der Waals surface area (Å²) in [5, 5.41) is 0. The molecular formula is C16H16F3NO. The quantitative estimate of drug-likeness (QED) is 0.847. The molecule has 2 N–H and O–H groups in total. The highest BCUT2D eigenvalue weighted by Crippen LogP contribution is 2.33. The molecule has 0 bridgehead atoms. The average Bonchev–Trinajstić information content (AvgIpc) is 2.45. The van der Waals surface area contributed by atoms with E-state index in [2.05, 4.69) is 0 Å². The van der Waals surface area contributed by atoms with Crippen molar-refractivity contribution >= 4 is 5.69 Å². The van der Waals surface area contributed by atoms with Crippen molar-refractivity contribution in [1.82, 2.24) is 0 Å². The number of rotatable bonds is 4. The van der Waals surface area contributed by atoms with Gasteiger partial charge in [-0.1, -0.05) is 25.1 Å². The molecule has 2 aromatic carbocycles. The molecule has 0 heterocycles. The SMILES string of the molecule is CCc1ccc(OCc2ccc(N)cc2C(F)(F)F)cc1. The second kappa shape index (κ2) is 6.08. The maximum absolute atomic E-state index is 12.9. The number of nitrogens with two attached hydrogens (primary N) is 1. The number of aryl methyl sites for hydroxylation is 1. The number of anilines is 1. The minimum Gasteiger partial charge on any atom is -0.489 e. The number of hydrogen-bond acceptors (Lipinski definition) is 2. The predicted molar refractivity (Wildman–Crippen MR) is 76.0 cm³/mol. The topological polar surface area (TPSA) is 35.2 Å². The van der Waals surface area contributed by atoms with E-state index in [1.807, 2.05) is 19.1 Å². The first kappa shape index (κ1) is 15.2. The largest absolute Gasteiger partial charge is 0.489 e. The fraction of sp³-hybridized carbons (Fsp3) is 0.250. The van der Waals surface area contributed by atoms with Gasteiger partial charge >= 0.3 is 6.18 Å². The predicted octanol–water partition coefficient (Wildman–Crippen LogP) is 4.43. The Morgan fingerprint density at radius 1 is 1.05 bits per heavy atom. The van der Waals surface area contributed by atoms with Crippen LogP contribution in [0.5, 0.6) is 5.75 Å². The van der Waals surface area contributed by atoms with Crippen LogP contribution in [0, 0.1) is 0 Å². The summed E-state index contributed by atoms with van der Waals surface area (Å²) < 4.78 is 44.3. The first-order valence-corrected chi connectivity index (χ1v) is 6.57. The average molecular weight is 295 g/mol. The number of benzene rings is 2. The monoisotopic (exact) mass is 295 g/mol. The second-order valence-corrected chi connectivity index (χ2v) is 4.70. The Hall–Kier alpha value is -2.17. The van der Waals surface area contributed by atoms with E-state index < -0.39 is 11.7 Å². The molecule has 0 unspecified atom stereocenters. The standard InChI is InChI=1S/C16H16F3NO/c1-2-11-3-7-14(8-4-11)21-10-12-5-6-13(20)9-15(12)16(17,18)19/h3-9H,2,10,20H2,1H3. The van der Waals surface area contributed by atoms with Crippen LogP contribution >= 0.6 is 0 Å². The molecule has 0 aliphatic carbocycles. The van der Waals surface area contributed by atoms with Gasteiger partial charge in [0.15, 0.2) is 0 Å². The van der Waals surface area contributed by atoms with E-state index in [-0.39, 0.29) is 17.9 Å². The second-order valence-electron chi connectivity index (χ2n) is 4.70. The number of nitrogen functional groups attached to an aromatic ring is 1. The molecular weight excluding hydrogens is 279 g/mol. The van der Waals surface area contributed by atoms with Crippen molar-refractivity contribution in [3.05, 3.63) is 59.2 Å². The molecule has 2 nitrogen and oxygen atoms in total. The van der Waals surface area contributed by atoms with Crippen molar-refractivity contribution in [2.24, 2.45) is 0 Å². The normalized spacial score (nSPS) is 11.4. The van der Waals surface area contributed by atoms with Gasteiger partial charge < -0.3 is 10.5 Å². The highest BCUT2D eigenvalue weighted by Gasteiger charge is 2.33. The Morgan fingerprint density at radius 3 is 2.29 bits per heavy atom. The van der Waals surface area contributed by atoms with E-state index in [1.54, 1.807) is 12.1 Å². The lowest BCUT2D eigenvalue weighted by molar-refractivity contribution is -0.138. The summed E-state index contributed by atoms with van der Waals surface area (Å²) in [5.74, 6) is 0.539. The van der Waals surface area contributed by atoms with E-state index in [4.69, 9.17) is 10.5 Å². The number of ether oxygens (including phenoxy) is 1. The zero-order valence-corrected chi connectivity index (χ0v) is 11.6. The minimum atomic E-state index is -4.44. The molecule has 0 amide bonds. The molecule has 0 fully saturated rings. The third-order valence-corrected chi connectivity index (χ3v) is 3.17. The zero-order valence-electron chi connectivity index (χ0n) is 11.6. The van der Waals surface area contributed by atoms with Gasteiger partial charge in [-0.25, -0.2) is 0 Å². The van der Waals surface area contributed by atoms with E-state index in [0.717, 1.165) is 18.1 Å². The van der Waals surface area contributed by atoms with Crippen LogP contribution in [0.15, 0.2) is 42.5 Å². The Morgan fingerprint density at radius 2 is 1.71 bits per heavy atom. The van der Waals surface area contributed by atoms with Gasteiger partial charge in [-0.2, -0.15) is 13.2 Å². The van der Waals surface area contributed by atoms with Crippen LogP contribution in [-0.2, 0) is 19.2 Å². The summed E-state index contributed by atoms with van der Waals surface area (Å²) in [4.78, 5) is 0. The first-order chi connectivity index (χ1) is 9.90. The van der Waals surface area contributed by atoms with E-state index >= 15 is 0 Å². The Balaban J connectivity index is 2.15. The van der Waals surface area contributed by atoms with Crippen molar-refractivity contribution in [2.45, 2.75) is 26.1 Å². The third-order valence-electron chi connectivity index (χ3n) is 3.17. The highest BCUT2D eigenvalue weighted by atomic mass is 19.4. The van der Waals surface area contributed by atoms with Crippen molar-refractivity contribution < 1.29 is 17.9 Å². The Kier molecular flexibility index (Phi) is 4.40. The molecule has 21 heavy (non-hydrogen) atoms. The van der Waals surface area contributed by atoms with Gasteiger partial charge in [0.1, 0.15) is 12.4 Å². The van der Waals surface area contributed by atoms with Gasteiger partial charge in [-0.15, -0.1) is 0 Å². The fourth-order valence-electron chi connectivity index (χ4n) is 1.97. The molecule has 0 saturated heterocycles. The summed E-state index contributed by atoms with van der Waals surface area (Å²) in [5.41, 5.74) is 5.96. The highest BCUT2D eigenvalue weighted by molar-refractivity contribution is 5.46. The molecule has 0 atom stereocenters. The van der Waals surface area contributed by atoms with Gasteiger partial charge in [0.2, 0.25) is 0 Å². The number of halogens is 3. The summed E-state index contributed by atoms with van der Waals surface area (Å²) in [7, 11) is 0. The number of hydrogen-bond donors (Lipinski definition) is 1. The lowest BCUT2D eigenvalue weighted by atomic mass is 10.1. The maximum Gasteiger partial charge on any atom is 0.416 e. The Labute approximate surface area is 121 Å². The zero-order chi connectivity index (χ0) is 15.5. The summed E-state index contributed by atoms with van der Waals surface area (Å²) in [6.45, 7) is 1.88. The van der Waals surface area contributed by atoms with Crippen molar-refractivity contribution in [3.63, 3.8) is 0 Å². The third kappa shape index (κ3) is 3.90. The lowest BCUT2D eigenvalue weighted by Crippen LogP contribution is -2.11. The van der Waals surface area contributed by atoms with Gasteiger partial charge in [-0.05, 0) is 36.2 Å². The first-order valence-electron chi connectivity index (χ1n) is 6.57. The van der Waals surface area contributed by atoms with Crippen LogP contribution in [0.1, 0.15) is 23.6 Å². The Bertz CT molecular complexity index is 606. The molecule has 0 saturated carbocycles. The van der Waals surface area contributed by atoms with Crippen LogP contribution < -0.4 is 10.5 Å². The van der Waals surface area contributed by atoms with E-state index in [1.165, 1.54) is 12.1 Å². The molecule has 0 spiro atoms. The van der Waals surface area contributed by atoms with Crippen LogP contribution in [0.4, 0.5) is 18.9 Å². The van der Waals surface area contributed by atoms with Crippen LogP contribution in [0.3, 0.4) is 0 Å². The van der Waals surface area contributed by atoms with Crippen molar-refractivity contribution in [1.29, 1.82) is 0 Å². The minimum absolute atomic E-state index is 0.0660.